The molecule has 0 atom stereocenters. The van der Waals surface area contributed by atoms with Gasteiger partial charge in [-0.3, -0.25) is 23.5 Å². The average molecular weight is 442 g/mol. The molecule has 0 radical (unpaired) electrons. The Bertz CT molecular complexity index is 1110. The van der Waals surface area contributed by atoms with Gasteiger partial charge in [0, 0.05) is 62.5 Å². The van der Waals surface area contributed by atoms with E-state index in [1.54, 1.807) is 33.7 Å². The molecule has 1 aromatic carbocycles. The highest BCUT2D eigenvalue weighted by atomic mass is 16.2. The molecule has 1 aromatic heterocycles. The summed E-state index contributed by atoms with van der Waals surface area (Å²) in [4.78, 5) is 53.4. The van der Waals surface area contributed by atoms with Gasteiger partial charge in [-0.25, -0.2) is 4.79 Å². The Morgan fingerprint density at radius 2 is 1.44 bits per heavy atom. The van der Waals surface area contributed by atoms with E-state index < -0.39 is 0 Å². The summed E-state index contributed by atoms with van der Waals surface area (Å²) in [7, 11) is 0. The fraction of sp³-hybridized carbons (Fsp3) is 0.478. The molecular weight excluding hydrogens is 410 g/mol. The minimum Gasteiger partial charge on any atom is -0.354 e. The van der Waals surface area contributed by atoms with Gasteiger partial charge in [0.15, 0.2) is 0 Å². The number of hydrogen-bond donors (Lipinski definition) is 1. The Morgan fingerprint density at radius 1 is 0.875 bits per heavy atom. The highest BCUT2D eigenvalue weighted by Gasteiger charge is 2.26. The number of hydrogen-bond acceptors (Lipinski definition) is 5. The summed E-state index contributed by atoms with van der Waals surface area (Å²) < 4.78 is 2.92. The molecule has 9 nitrogen and oxygen atoms in total. The van der Waals surface area contributed by atoms with Crippen molar-refractivity contribution in [2.75, 3.05) is 36.4 Å². The first-order valence-corrected chi connectivity index (χ1v) is 10.9. The van der Waals surface area contributed by atoms with Crippen LogP contribution < -0.4 is 21.5 Å². The third kappa shape index (κ3) is 4.76. The molecule has 9 heteroatoms. The number of nitrogens with one attached hydrogen (secondary N) is 1. The summed E-state index contributed by atoms with van der Waals surface area (Å²) in [5.74, 6) is 0.343. The first-order chi connectivity index (χ1) is 15.1. The lowest BCUT2D eigenvalue weighted by atomic mass is 10.1. The van der Waals surface area contributed by atoms with Gasteiger partial charge in [-0.1, -0.05) is 0 Å². The summed E-state index contributed by atoms with van der Waals surface area (Å²) in [6.45, 7) is 10.9. The molecule has 2 aromatic rings. The van der Waals surface area contributed by atoms with Gasteiger partial charge in [0.1, 0.15) is 5.82 Å². The Balaban J connectivity index is 1.77. The molecule has 0 spiro atoms. The van der Waals surface area contributed by atoms with Crippen LogP contribution in [-0.2, 0) is 4.79 Å². The monoisotopic (exact) mass is 441 g/mol. The summed E-state index contributed by atoms with van der Waals surface area (Å²) in [6.07, 6.45) is 0. The average Bonchev–Trinajstić information content (AvgIpc) is 2.72. The first kappa shape index (κ1) is 23.3. The topological polar surface area (TPSA) is 96.7 Å². The quantitative estimate of drug-likeness (QED) is 0.767. The van der Waals surface area contributed by atoms with Gasteiger partial charge in [-0.15, -0.1) is 0 Å². The number of rotatable bonds is 5. The highest BCUT2D eigenvalue weighted by molar-refractivity contribution is 5.95. The van der Waals surface area contributed by atoms with Crippen LogP contribution in [0.1, 0.15) is 57.1 Å². The van der Waals surface area contributed by atoms with E-state index in [2.05, 4.69) is 5.32 Å². The number of nitrogens with zero attached hydrogens (tertiary/aromatic N) is 4. The van der Waals surface area contributed by atoms with Crippen molar-refractivity contribution in [1.29, 1.82) is 0 Å². The molecule has 1 saturated heterocycles. The van der Waals surface area contributed by atoms with Crippen LogP contribution >= 0.6 is 0 Å². The number of aromatic nitrogens is 2. The van der Waals surface area contributed by atoms with E-state index in [-0.39, 0.29) is 35.1 Å². The van der Waals surface area contributed by atoms with Gasteiger partial charge >= 0.3 is 5.69 Å². The SMILES string of the molecule is CC(=O)Nc1ccc(C(=O)N2CCN(c3cc(=O)n(C(C)C)c(=O)n3C(C)C)CC2)cc1. The second-order valence-corrected chi connectivity index (χ2v) is 8.59. The molecule has 32 heavy (non-hydrogen) atoms. The van der Waals surface area contributed by atoms with Gasteiger partial charge in [-0.2, -0.15) is 0 Å². The highest BCUT2D eigenvalue weighted by Crippen LogP contribution is 2.19. The molecule has 1 aliphatic rings. The molecule has 172 valence electrons. The van der Waals surface area contributed by atoms with E-state index in [1.165, 1.54) is 17.6 Å². The van der Waals surface area contributed by atoms with Crippen molar-refractivity contribution in [3.8, 4) is 0 Å². The lowest BCUT2D eigenvalue weighted by Gasteiger charge is -2.37. The maximum atomic E-state index is 13.0. The van der Waals surface area contributed by atoms with Crippen molar-refractivity contribution in [2.24, 2.45) is 0 Å². The van der Waals surface area contributed by atoms with E-state index in [0.717, 1.165) is 0 Å². The molecule has 1 N–H and O–H groups in total. The molecule has 2 heterocycles. The van der Waals surface area contributed by atoms with Gasteiger partial charge in [0.25, 0.3) is 11.5 Å². The van der Waals surface area contributed by atoms with Crippen LogP contribution in [0.4, 0.5) is 11.5 Å². The molecule has 1 fully saturated rings. The number of benzene rings is 1. The lowest BCUT2D eigenvalue weighted by molar-refractivity contribution is -0.114. The van der Waals surface area contributed by atoms with E-state index in [4.69, 9.17) is 0 Å². The van der Waals surface area contributed by atoms with E-state index in [9.17, 15) is 19.2 Å². The van der Waals surface area contributed by atoms with Gasteiger partial charge in [-0.05, 0) is 52.0 Å². The van der Waals surface area contributed by atoms with Crippen molar-refractivity contribution in [1.82, 2.24) is 14.0 Å². The zero-order chi connectivity index (χ0) is 23.6. The van der Waals surface area contributed by atoms with Crippen LogP contribution in [0.3, 0.4) is 0 Å². The smallest absolute Gasteiger partial charge is 0.333 e. The predicted octanol–water partition coefficient (Wildman–Crippen LogP) is 2.09. The van der Waals surface area contributed by atoms with Crippen LogP contribution in [0, 0.1) is 0 Å². The Hall–Kier alpha value is -3.36. The minimum absolute atomic E-state index is 0.0875. The number of anilines is 2. The van der Waals surface area contributed by atoms with Crippen LogP contribution in [0.5, 0.6) is 0 Å². The van der Waals surface area contributed by atoms with Crippen LogP contribution in [0.25, 0.3) is 0 Å². The second-order valence-electron chi connectivity index (χ2n) is 8.59. The summed E-state index contributed by atoms with van der Waals surface area (Å²) in [5.41, 5.74) is 0.567. The van der Waals surface area contributed by atoms with E-state index >= 15 is 0 Å². The predicted molar refractivity (Wildman–Crippen MR) is 125 cm³/mol. The third-order valence-electron chi connectivity index (χ3n) is 5.52. The Morgan fingerprint density at radius 3 is 1.94 bits per heavy atom. The fourth-order valence-corrected chi connectivity index (χ4v) is 3.98. The lowest BCUT2D eigenvalue weighted by Crippen LogP contribution is -2.51. The zero-order valence-electron chi connectivity index (χ0n) is 19.3. The molecule has 1 aliphatic heterocycles. The summed E-state index contributed by atoms with van der Waals surface area (Å²) >= 11 is 0. The van der Waals surface area contributed by atoms with Gasteiger partial charge < -0.3 is 15.1 Å². The maximum Gasteiger partial charge on any atom is 0.333 e. The zero-order valence-corrected chi connectivity index (χ0v) is 19.3. The largest absolute Gasteiger partial charge is 0.354 e. The number of piperazine rings is 1. The summed E-state index contributed by atoms with van der Waals surface area (Å²) in [5, 5.41) is 2.68. The van der Waals surface area contributed by atoms with Crippen molar-refractivity contribution in [3.63, 3.8) is 0 Å². The van der Waals surface area contributed by atoms with Gasteiger partial charge in [0.05, 0.1) is 0 Å². The number of carbonyl (C=O) groups excluding carboxylic acids is 2. The molecule has 0 aliphatic carbocycles. The van der Waals surface area contributed by atoms with Crippen LogP contribution in [0.2, 0.25) is 0 Å². The van der Waals surface area contributed by atoms with E-state index in [1.807, 2.05) is 32.6 Å². The molecule has 0 unspecified atom stereocenters. The Labute approximate surface area is 187 Å². The maximum absolute atomic E-state index is 13.0. The van der Waals surface area contributed by atoms with Crippen molar-refractivity contribution < 1.29 is 9.59 Å². The third-order valence-corrected chi connectivity index (χ3v) is 5.52. The first-order valence-electron chi connectivity index (χ1n) is 10.9. The Kier molecular flexibility index (Phi) is 6.86. The van der Waals surface area contributed by atoms with Gasteiger partial charge in [0.2, 0.25) is 5.91 Å². The fourth-order valence-electron chi connectivity index (χ4n) is 3.98. The standard InChI is InChI=1S/C23H31N5O4/c1-15(2)27-20(14-21(30)28(16(3)4)23(27)32)25-10-12-26(13-11-25)22(31)18-6-8-19(9-7-18)24-17(5)29/h6-9,14-16H,10-13H2,1-5H3,(H,24,29). The number of amides is 2. The second kappa shape index (κ2) is 9.42. The minimum atomic E-state index is -0.310. The van der Waals surface area contributed by atoms with Crippen molar-refractivity contribution in [3.05, 3.63) is 56.7 Å². The molecule has 3 rings (SSSR count). The molecular formula is C23H31N5O4. The molecule has 0 bridgehead atoms. The van der Waals surface area contributed by atoms with Crippen molar-refractivity contribution in [2.45, 2.75) is 46.7 Å². The van der Waals surface area contributed by atoms with Crippen molar-refractivity contribution >= 4 is 23.3 Å². The molecule has 2 amide bonds. The van der Waals surface area contributed by atoms with Crippen LogP contribution in [0.15, 0.2) is 39.9 Å². The molecule has 0 saturated carbocycles. The van der Waals surface area contributed by atoms with E-state index in [0.29, 0.717) is 43.2 Å². The number of carbonyl (C=O) groups is 2. The van der Waals surface area contributed by atoms with Crippen LogP contribution in [-0.4, -0.2) is 52.0 Å². The summed E-state index contributed by atoms with van der Waals surface area (Å²) in [6, 6.07) is 8.00. The normalized spacial score (nSPS) is 14.2.